The van der Waals surface area contributed by atoms with E-state index in [1.54, 1.807) is 0 Å². The number of hydrogen-bond donors (Lipinski definition) is 2. The maximum Gasteiger partial charge on any atom is 0.416 e. The normalized spacial score (nSPS) is 12.2. The van der Waals surface area contributed by atoms with Gasteiger partial charge in [-0.1, -0.05) is 12.1 Å². The van der Waals surface area contributed by atoms with Gasteiger partial charge in [-0.05, 0) is 49.0 Å². The summed E-state index contributed by atoms with van der Waals surface area (Å²) in [5.74, 6) is -0.628. The molecule has 11 heteroatoms. The monoisotopic (exact) mass is 458 g/mol. The molecule has 0 atom stereocenters. The van der Waals surface area contributed by atoms with Gasteiger partial charge in [-0.15, -0.1) is 0 Å². The number of carbonyl (C=O) groups excluding carboxylic acids is 1. The van der Waals surface area contributed by atoms with Crippen LogP contribution in [0.2, 0.25) is 0 Å². The molecule has 0 unspecified atom stereocenters. The minimum atomic E-state index is -4.59. The highest BCUT2D eigenvalue weighted by atomic mass is 32.2. The first-order chi connectivity index (χ1) is 14.6. The second-order valence-electron chi connectivity index (χ2n) is 6.15. The molecule has 0 aliphatic rings. The van der Waals surface area contributed by atoms with Gasteiger partial charge in [-0.3, -0.25) is 4.79 Å². The van der Waals surface area contributed by atoms with Gasteiger partial charge in [0.05, 0.1) is 22.8 Å². The van der Waals surface area contributed by atoms with Crippen LogP contribution in [0.1, 0.15) is 11.1 Å². The number of hydrogen-bond acceptors (Lipinski definition) is 5. The lowest BCUT2D eigenvalue weighted by Gasteiger charge is -2.14. The number of rotatable bonds is 9. The van der Waals surface area contributed by atoms with Crippen LogP contribution in [0.3, 0.4) is 0 Å². The third-order valence-electron chi connectivity index (χ3n) is 4.00. The highest BCUT2D eigenvalue weighted by Crippen LogP contribution is 2.35. The minimum absolute atomic E-state index is 0.0541. The number of carbonyl (C=O) groups is 1. The van der Waals surface area contributed by atoms with Crippen molar-refractivity contribution in [3.8, 4) is 5.75 Å². The number of alkyl halides is 3. The van der Waals surface area contributed by atoms with Crippen molar-refractivity contribution in [1.29, 1.82) is 0 Å². The first-order valence-electron chi connectivity index (χ1n) is 8.92. The number of anilines is 1. The fourth-order valence-electron chi connectivity index (χ4n) is 2.39. The molecular weight excluding hydrogens is 437 g/mol. The fourth-order valence-corrected chi connectivity index (χ4v) is 3.12. The maximum atomic E-state index is 13.0. The summed E-state index contributed by atoms with van der Waals surface area (Å²) in [6.07, 6.45) is -2.08. The number of methoxy groups -OCH3 is 1. The van der Waals surface area contributed by atoms with Gasteiger partial charge in [0.15, 0.2) is 0 Å². The van der Waals surface area contributed by atoms with E-state index >= 15 is 0 Å². The van der Waals surface area contributed by atoms with Gasteiger partial charge in [0.25, 0.3) is 0 Å². The van der Waals surface area contributed by atoms with E-state index in [1.165, 1.54) is 44.5 Å². The number of amides is 1. The van der Waals surface area contributed by atoms with Gasteiger partial charge >= 0.3 is 6.18 Å². The Hall–Kier alpha value is -2.89. The van der Waals surface area contributed by atoms with Crippen LogP contribution in [-0.2, 0) is 25.7 Å². The lowest BCUT2D eigenvalue weighted by molar-refractivity contribution is -0.137. The van der Waals surface area contributed by atoms with Crippen molar-refractivity contribution < 1.29 is 35.9 Å². The van der Waals surface area contributed by atoms with Crippen LogP contribution in [0.5, 0.6) is 5.75 Å². The molecule has 168 valence electrons. The van der Waals surface area contributed by atoms with E-state index in [4.69, 9.17) is 9.47 Å². The van der Waals surface area contributed by atoms with E-state index in [9.17, 15) is 26.4 Å². The van der Waals surface area contributed by atoms with Crippen LogP contribution in [-0.4, -0.2) is 41.7 Å². The van der Waals surface area contributed by atoms with E-state index < -0.39 is 27.7 Å². The first-order valence-corrected chi connectivity index (χ1v) is 10.4. The molecule has 0 fully saturated rings. The maximum absolute atomic E-state index is 13.0. The number of nitrogens with one attached hydrogen (secondary N) is 2. The molecule has 0 spiro atoms. The second kappa shape index (κ2) is 10.4. The Labute approximate surface area is 177 Å². The molecule has 0 aliphatic heterocycles. The van der Waals surface area contributed by atoms with Crippen molar-refractivity contribution in [2.75, 3.05) is 32.7 Å². The Kier molecular flexibility index (Phi) is 8.20. The lowest BCUT2D eigenvalue weighted by atomic mass is 10.1. The summed E-state index contributed by atoms with van der Waals surface area (Å²) >= 11 is 0. The molecule has 1 amide bonds. The Morgan fingerprint density at radius 3 is 2.35 bits per heavy atom. The number of benzene rings is 2. The van der Waals surface area contributed by atoms with E-state index in [0.29, 0.717) is 5.56 Å². The third-order valence-corrected chi connectivity index (χ3v) is 5.43. The number of ether oxygens (including phenoxy) is 2. The van der Waals surface area contributed by atoms with Crippen LogP contribution in [0.25, 0.3) is 6.08 Å². The summed E-state index contributed by atoms with van der Waals surface area (Å²) in [7, 11) is -0.851. The molecule has 0 aliphatic carbocycles. The summed E-state index contributed by atoms with van der Waals surface area (Å²) in [5, 5.41) is 2.37. The van der Waals surface area contributed by atoms with Gasteiger partial charge in [0.2, 0.25) is 15.9 Å². The fraction of sp³-hybridized carbons (Fsp3) is 0.250. The second-order valence-corrected chi connectivity index (χ2v) is 8.04. The molecule has 0 radical (unpaired) electrons. The van der Waals surface area contributed by atoms with Crippen molar-refractivity contribution in [2.45, 2.75) is 11.1 Å². The average Bonchev–Trinajstić information content (AvgIpc) is 2.73. The quantitative estimate of drug-likeness (QED) is 0.444. The van der Waals surface area contributed by atoms with Gasteiger partial charge < -0.3 is 14.8 Å². The third kappa shape index (κ3) is 7.09. The van der Waals surface area contributed by atoms with Gasteiger partial charge in [-0.25, -0.2) is 13.1 Å². The largest absolute Gasteiger partial charge is 0.489 e. The molecule has 2 rings (SSSR count). The van der Waals surface area contributed by atoms with E-state index in [-0.39, 0.29) is 29.5 Å². The Morgan fingerprint density at radius 2 is 1.77 bits per heavy atom. The highest BCUT2D eigenvalue weighted by Gasteiger charge is 2.31. The van der Waals surface area contributed by atoms with Crippen LogP contribution in [0, 0.1) is 0 Å². The molecular formula is C20H21F3N2O5S. The molecule has 0 bridgehead atoms. The summed E-state index contributed by atoms with van der Waals surface area (Å²) < 4.78 is 74.9. The van der Waals surface area contributed by atoms with Crippen LogP contribution >= 0.6 is 0 Å². The van der Waals surface area contributed by atoms with Crippen molar-refractivity contribution in [3.05, 3.63) is 59.7 Å². The first kappa shape index (κ1) is 24.4. The summed E-state index contributed by atoms with van der Waals surface area (Å²) in [6, 6.07) is 8.45. The zero-order valence-electron chi connectivity index (χ0n) is 16.7. The van der Waals surface area contributed by atoms with E-state index in [2.05, 4.69) is 10.0 Å². The van der Waals surface area contributed by atoms with E-state index in [0.717, 1.165) is 24.3 Å². The molecule has 2 N–H and O–H groups in total. The number of sulfonamides is 1. The predicted octanol–water partition coefficient (Wildman–Crippen LogP) is 3.29. The van der Waals surface area contributed by atoms with Crippen LogP contribution in [0.4, 0.5) is 18.9 Å². The zero-order valence-corrected chi connectivity index (χ0v) is 17.5. The molecule has 0 heterocycles. The summed E-state index contributed by atoms with van der Waals surface area (Å²) in [5.41, 5.74) is -0.561. The van der Waals surface area contributed by atoms with Crippen molar-refractivity contribution in [1.82, 2.24) is 4.72 Å². The molecule has 2 aromatic carbocycles. The average molecular weight is 458 g/mol. The molecule has 0 saturated heterocycles. The summed E-state index contributed by atoms with van der Waals surface area (Å²) in [6.45, 7) is 0.302. The van der Waals surface area contributed by atoms with Gasteiger partial charge in [-0.2, -0.15) is 13.2 Å². The van der Waals surface area contributed by atoms with Crippen molar-refractivity contribution in [3.63, 3.8) is 0 Å². The predicted molar refractivity (Wildman–Crippen MR) is 109 cm³/mol. The van der Waals surface area contributed by atoms with Gasteiger partial charge in [0, 0.05) is 13.2 Å². The van der Waals surface area contributed by atoms with Crippen molar-refractivity contribution >= 4 is 27.7 Å². The van der Waals surface area contributed by atoms with Crippen molar-refractivity contribution in [2.24, 2.45) is 0 Å². The molecule has 2 aromatic rings. The van der Waals surface area contributed by atoms with Crippen LogP contribution < -0.4 is 14.8 Å². The Balaban J connectivity index is 2.17. The molecule has 0 saturated carbocycles. The smallest absolute Gasteiger partial charge is 0.416 e. The molecule has 7 nitrogen and oxygen atoms in total. The Morgan fingerprint density at radius 1 is 1.10 bits per heavy atom. The Bertz CT molecular complexity index is 1040. The van der Waals surface area contributed by atoms with Crippen LogP contribution in [0.15, 0.2) is 53.4 Å². The zero-order chi connectivity index (χ0) is 23.1. The number of halogens is 3. The highest BCUT2D eigenvalue weighted by molar-refractivity contribution is 7.89. The van der Waals surface area contributed by atoms with Gasteiger partial charge in [0.1, 0.15) is 12.4 Å². The SMILES string of the molecule is CNS(=O)(=O)c1ccc(/C=C/C(=O)Nc2cc(C(F)(F)F)ccc2OCCOC)cc1. The lowest BCUT2D eigenvalue weighted by Crippen LogP contribution is -2.18. The summed E-state index contributed by atoms with van der Waals surface area (Å²) in [4.78, 5) is 12.3. The standard InChI is InChI=1S/C20H21F3N2O5S/c1-24-31(27,28)16-7-3-14(4-8-16)5-10-19(26)25-17-13-15(20(21,22)23)6-9-18(17)30-12-11-29-2/h3-10,13,24H,11-12H2,1-2H3,(H,25,26)/b10-5+. The topological polar surface area (TPSA) is 93.7 Å². The van der Waals surface area contributed by atoms with E-state index in [1.807, 2.05) is 0 Å². The molecule has 31 heavy (non-hydrogen) atoms. The minimum Gasteiger partial charge on any atom is -0.489 e. The molecule has 0 aromatic heterocycles.